The van der Waals surface area contributed by atoms with E-state index in [0.717, 1.165) is 44.4 Å². The van der Waals surface area contributed by atoms with Crippen LogP contribution in [0.1, 0.15) is 50.4 Å². The second kappa shape index (κ2) is 12.9. The van der Waals surface area contributed by atoms with Gasteiger partial charge in [-0.25, -0.2) is 0 Å². The highest BCUT2D eigenvalue weighted by molar-refractivity contribution is 14.0. The van der Waals surface area contributed by atoms with Gasteiger partial charge in [0.15, 0.2) is 11.8 Å². The van der Waals surface area contributed by atoms with Gasteiger partial charge in [-0.2, -0.15) is 4.98 Å². The Morgan fingerprint density at radius 3 is 2.83 bits per heavy atom. The third kappa shape index (κ3) is 7.54. The first-order chi connectivity index (χ1) is 14.2. The minimum Gasteiger partial charge on any atom is -0.376 e. The van der Waals surface area contributed by atoms with Crippen molar-refractivity contribution >= 4 is 29.9 Å². The second-order valence-corrected chi connectivity index (χ2v) is 7.79. The molecule has 0 saturated carbocycles. The molecule has 1 N–H and O–H groups in total. The van der Waals surface area contributed by atoms with Gasteiger partial charge in [0.05, 0.1) is 19.8 Å². The molecule has 0 aliphatic carbocycles. The molecule has 8 heteroatoms. The molecule has 0 bridgehead atoms. The van der Waals surface area contributed by atoms with E-state index in [0.29, 0.717) is 31.4 Å². The van der Waals surface area contributed by atoms with Crippen LogP contribution in [0.3, 0.4) is 0 Å². The summed E-state index contributed by atoms with van der Waals surface area (Å²) in [4.78, 5) is 11.5. The zero-order valence-electron chi connectivity index (χ0n) is 18.2. The highest BCUT2D eigenvalue weighted by atomic mass is 127. The van der Waals surface area contributed by atoms with Gasteiger partial charge in [0.25, 0.3) is 0 Å². The van der Waals surface area contributed by atoms with Gasteiger partial charge in [-0.05, 0) is 18.9 Å². The van der Waals surface area contributed by atoms with Gasteiger partial charge in [0.1, 0.15) is 0 Å². The third-order valence-electron chi connectivity index (χ3n) is 4.97. The van der Waals surface area contributed by atoms with Crippen molar-refractivity contribution in [3.63, 3.8) is 0 Å². The molecule has 3 rings (SSSR count). The van der Waals surface area contributed by atoms with Crippen LogP contribution in [0.25, 0.3) is 0 Å². The minimum absolute atomic E-state index is 0. The molecule has 2 heterocycles. The molecule has 1 aliphatic rings. The topological polar surface area (TPSA) is 75.8 Å². The minimum atomic E-state index is 0. The Balaban J connectivity index is 0.00000320. The quantitative estimate of drug-likeness (QED) is 0.303. The number of rotatable bonds is 9. The number of aliphatic imine (C=N–C) groups is 1. The van der Waals surface area contributed by atoms with E-state index in [9.17, 15) is 0 Å². The van der Waals surface area contributed by atoms with Gasteiger partial charge >= 0.3 is 0 Å². The number of ether oxygens (including phenoxy) is 1. The standard InChI is InChI=1S/C22H33N5O2.HI/c1-4-23-22(24-12-10-20-25-21(17(2)3)26-29-20)27-13-11-19(14-27)16-28-15-18-8-6-5-7-9-18;/h5-9,17,19H,4,10-16H2,1-3H3,(H,23,24);1H. The van der Waals surface area contributed by atoms with Crippen LogP contribution >= 0.6 is 24.0 Å². The fourth-order valence-electron chi connectivity index (χ4n) is 3.37. The third-order valence-corrected chi connectivity index (χ3v) is 4.97. The van der Waals surface area contributed by atoms with Crippen LogP contribution in [-0.2, 0) is 17.8 Å². The Kier molecular flexibility index (Phi) is 10.6. The van der Waals surface area contributed by atoms with Gasteiger partial charge in [-0.1, -0.05) is 49.3 Å². The summed E-state index contributed by atoms with van der Waals surface area (Å²) in [5, 5.41) is 7.42. The smallest absolute Gasteiger partial charge is 0.228 e. The zero-order chi connectivity index (χ0) is 20.5. The fourth-order valence-corrected chi connectivity index (χ4v) is 3.37. The molecule has 1 saturated heterocycles. The number of halogens is 1. The maximum absolute atomic E-state index is 5.94. The summed E-state index contributed by atoms with van der Waals surface area (Å²) >= 11 is 0. The van der Waals surface area contributed by atoms with Crippen LogP contribution in [0.2, 0.25) is 0 Å². The highest BCUT2D eigenvalue weighted by Gasteiger charge is 2.25. The van der Waals surface area contributed by atoms with E-state index in [2.05, 4.69) is 53.3 Å². The Morgan fingerprint density at radius 2 is 2.13 bits per heavy atom. The van der Waals surface area contributed by atoms with Crippen molar-refractivity contribution in [3.05, 3.63) is 47.6 Å². The van der Waals surface area contributed by atoms with E-state index in [1.807, 2.05) is 18.2 Å². The number of nitrogens with zero attached hydrogens (tertiary/aromatic N) is 4. The van der Waals surface area contributed by atoms with Crippen molar-refractivity contribution in [2.24, 2.45) is 10.9 Å². The Labute approximate surface area is 196 Å². The number of guanidine groups is 1. The molecule has 1 atom stereocenters. The lowest BCUT2D eigenvalue weighted by molar-refractivity contribution is 0.0907. The first-order valence-corrected chi connectivity index (χ1v) is 10.6. The molecular weight excluding hydrogens is 493 g/mol. The van der Waals surface area contributed by atoms with E-state index in [1.54, 1.807) is 0 Å². The first kappa shape index (κ1) is 24.6. The van der Waals surface area contributed by atoms with E-state index < -0.39 is 0 Å². The number of likely N-dealkylation sites (tertiary alicyclic amines) is 1. The molecule has 0 spiro atoms. The summed E-state index contributed by atoms with van der Waals surface area (Å²) in [6.07, 6.45) is 1.78. The number of aromatic nitrogens is 2. The summed E-state index contributed by atoms with van der Waals surface area (Å²) in [6.45, 7) is 11.1. The molecule has 1 unspecified atom stereocenters. The maximum atomic E-state index is 5.94. The van der Waals surface area contributed by atoms with Crippen LogP contribution in [0, 0.1) is 5.92 Å². The molecule has 1 aromatic heterocycles. The summed E-state index contributed by atoms with van der Waals surface area (Å²) in [5.41, 5.74) is 1.22. The van der Waals surface area contributed by atoms with Crippen molar-refractivity contribution in [2.75, 3.05) is 32.8 Å². The maximum Gasteiger partial charge on any atom is 0.228 e. The van der Waals surface area contributed by atoms with Gasteiger partial charge in [-0.15, -0.1) is 24.0 Å². The van der Waals surface area contributed by atoms with Crippen molar-refractivity contribution < 1.29 is 9.26 Å². The van der Waals surface area contributed by atoms with Gasteiger partial charge < -0.3 is 19.5 Å². The van der Waals surface area contributed by atoms with Crippen LogP contribution < -0.4 is 5.32 Å². The molecular formula is C22H34IN5O2. The number of benzene rings is 1. The average molecular weight is 527 g/mol. The van der Waals surface area contributed by atoms with Crippen molar-refractivity contribution in [2.45, 2.75) is 46.1 Å². The normalized spacial score (nSPS) is 16.7. The summed E-state index contributed by atoms with van der Waals surface area (Å²) < 4.78 is 11.2. The predicted octanol–water partition coefficient (Wildman–Crippen LogP) is 3.86. The lowest BCUT2D eigenvalue weighted by Gasteiger charge is -2.21. The van der Waals surface area contributed by atoms with E-state index in [4.69, 9.17) is 14.3 Å². The van der Waals surface area contributed by atoms with E-state index in [1.165, 1.54) is 5.56 Å². The van der Waals surface area contributed by atoms with Crippen LogP contribution in [0.15, 0.2) is 39.8 Å². The average Bonchev–Trinajstić information content (AvgIpc) is 3.38. The molecule has 0 amide bonds. The molecule has 1 aromatic carbocycles. The Bertz CT molecular complexity index is 766. The molecule has 1 aliphatic heterocycles. The lowest BCUT2D eigenvalue weighted by atomic mass is 10.1. The number of hydrogen-bond donors (Lipinski definition) is 1. The van der Waals surface area contributed by atoms with Crippen molar-refractivity contribution in [3.8, 4) is 0 Å². The Morgan fingerprint density at radius 1 is 1.33 bits per heavy atom. The fraction of sp³-hybridized carbons (Fsp3) is 0.591. The first-order valence-electron chi connectivity index (χ1n) is 10.6. The predicted molar refractivity (Wildman–Crippen MR) is 129 cm³/mol. The molecule has 1 fully saturated rings. The second-order valence-electron chi connectivity index (χ2n) is 7.79. The zero-order valence-corrected chi connectivity index (χ0v) is 20.5. The van der Waals surface area contributed by atoms with Crippen molar-refractivity contribution in [1.29, 1.82) is 0 Å². The summed E-state index contributed by atoms with van der Waals surface area (Å²) in [7, 11) is 0. The molecule has 166 valence electrons. The van der Waals surface area contributed by atoms with E-state index >= 15 is 0 Å². The van der Waals surface area contributed by atoms with Crippen LogP contribution in [0.5, 0.6) is 0 Å². The summed E-state index contributed by atoms with van der Waals surface area (Å²) in [6, 6.07) is 10.3. The van der Waals surface area contributed by atoms with Gasteiger partial charge in [0, 0.05) is 37.9 Å². The number of hydrogen-bond acceptors (Lipinski definition) is 5. The SMILES string of the molecule is CCNC(=NCCc1nc(C(C)C)no1)N1CCC(COCc2ccccc2)C1.I. The van der Waals surface area contributed by atoms with Gasteiger partial charge in [-0.3, -0.25) is 4.99 Å². The van der Waals surface area contributed by atoms with Crippen molar-refractivity contribution in [1.82, 2.24) is 20.4 Å². The monoisotopic (exact) mass is 527 g/mol. The molecule has 2 aromatic rings. The lowest BCUT2D eigenvalue weighted by Crippen LogP contribution is -2.40. The summed E-state index contributed by atoms with van der Waals surface area (Å²) in [5.74, 6) is 3.18. The van der Waals surface area contributed by atoms with Gasteiger partial charge in [0.2, 0.25) is 5.89 Å². The van der Waals surface area contributed by atoms with E-state index in [-0.39, 0.29) is 29.9 Å². The highest BCUT2D eigenvalue weighted by Crippen LogP contribution is 2.17. The molecule has 0 radical (unpaired) electrons. The van der Waals surface area contributed by atoms with Crippen LogP contribution in [0.4, 0.5) is 0 Å². The molecule has 30 heavy (non-hydrogen) atoms. The molecule has 7 nitrogen and oxygen atoms in total. The van der Waals surface area contributed by atoms with Crippen LogP contribution in [-0.4, -0.2) is 53.8 Å². The number of nitrogens with one attached hydrogen (secondary N) is 1. The largest absolute Gasteiger partial charge is 0.376 e. The Hall–Kier alpha value is -1.68.